The van der Waals surface area contributed by atoms with Crippen LogP contribution >= 0.6 is 0 Å². The summed E-state index contributed by atoms with van der Waals surface area (Å²) >= 11 is 0. The Kier molecular flexibility index (Phi) is 5.58. The van der Waals surface area contributed by atoms with Crippen LogP contribution in [-0.2, 0) is 11.8 Å². The molecule has 0 aliphatic heterocycles. The van der Waals surface area contributed by atoms with Gasteiger partial charge in [-0.25, -0.2) is 0 Å². The predicted octanol–water partition coefficient (Wildman–Crippen LogP) is 2.88. The van der Waals surface area contributed by atoms with E-state index in [-0.39, 0.29) is 18.0 Å². The van der Waals surface area contributed by atoms with Crippen molar-refractivity contribution >= 4 is 11.7 Å². The number of hydrogen-bond donors (Lipinski definition) is 2. The molecule has 1 aromatic heterocycles. The monoisotopic (exact) mass is 300 g/mol. The van der Waals surface area contributed by atoms with Crippen LogP contribution in [0.3, 0.4) is 0 Å². The van der Waals surface area contributed by atoms with Gasteiger partial charge in [-0.2, -0.15) is 5.10 Å². The van der Waals surface area contributed by atoms with Crippen molar-refractivity contribution in [3.63, 3.8) is 0 Å². The maximum absolute atomic E-state index is 12.4. The molecule has 2 aromatic rings. The van der Waals surface area contributed by atoms with Gasteiger partial charge in [-0.05, 0) is 18.9 Å². The number of aryl methyl sites for hydroxylation is 1. The summed E-state index contributed by atoms with van der Waals surface area (Å²) in [7, 11) is 1.85. The maximum atomic E-state index is 12.4. The highest BCUT2D eigenvalue weighted by Gasteiger charge is 2.18. The van der Waals surface area contributed by atoms with Gasteiger partial charge in [0.1, 0.15) is 11.9 Å². The molecule has 0 fully saturated rings. The Bertz CT molecular complexity index is 594. The van der Waals surface area contributed by atoms with E-state index < -0.39 is 0 Å². The summed E-state index contributed by atoms with van der Waals surface area (Å²) in [6.07, 6.45) is 3.78. The zero-order valence-corrected chi connectivity index (χ0v) is 13.4. The summed E-state index contributed by atoms with van der Waals surface area (Å²) in [5.41, 5.74) is 1.14. The molecule has 1 amide bonds. The summed E-state index contributed by atoms with van der Waals surface area (Å²) < 4.78 is 1.71. The number of anilines is 1. The number of amides is 1. The van der Waals surface area contributed by atoms with Gasteiger partial charge in [-0.1, -0.05) is 43.7 Å². The van der Waals surface area contributed by atoms with E-state index in [4.69, 9.17) is 0 Å². The molecule has 5 heteroatoms. The van der Waals surface area contributed by atoms with Gasteiger partial charge in [-0.15, -0.1) is 0 Å². The fourth-order valence-electron chi connectivity index (χ4n) is 2.37. The number of carbonyl (C=O) groups excluding carboxylic acids is 1. The third kappa shape index (κ3) is 4.35. The molecule has 2 atom stereocenters. The molecule has 2 unspecified atom stereocenters. The fraction of sp³-hybridized carbons (Fsp3) is 0.412. The summed E-state index contributed by atoms with van der Waals surface area (Å²) in [5, 5.41) is 10.5. The second kappa shape index (κ2) is 7.64. The van der Waals surface area contributed by atoms with E-state index in [0.717, 1.165) is 18.4 Å². The molecule has 1 heterocycles. The van der Waals surface area contributed by atoms with Gasteiger partial charge in [0.05, 0.1) is 6.04 Å². The van der Waals surface area contributed by atoms with Crippen molar-refractivity contribution < 1.29 is 4.79 Å². The van der Waals surface area contributed by atoms with Crippen molar-refractivity contribution in [2.75, 3.05) is 5.32 Å². The van der Waals surface area contributed by atoms with Gasteiger partial charge in [0.25, 0.3) is 0 Å². The van der Waals surface area contributed by atoms with Crippen LogP contribution in [0.2, 0.25) is 0 Å². The predicted molar refractivity (Wildman–Crippen MR) is 88.5 cm³/mol. The molecule has 0 aliphatic rings. The highest BCUT2D eigenvalue weighted by Crippen LogP contribution is 2.18. The van der Waals surface area contributed by atoms with E-state index in [0.29, 0.717) is 5.82 Å². The number of hydrogen-bond acceptors (Lipinski definition) is 3. The van der Waals surface area contributed by atoms with Gasteiger partial charge in [-0.3, -0.25) is 9.48 Å². The molecule has 5 nitrogen and oxygen atoms in total. The smallest absolute Gasteiger partial charge is 0.242 e. The lowest BCUT2D eigenvalue weighted by Crippen LogP contribution is -2.39. The molecule has 22 heavy (non-hydrogen) atoms. The van der Waals surface area contributed by atoms with Gasteiger partial charge < -0.3 is 10.6 Å². The Balaban J connectivity index is 1.98. The van der Waals surface area contributed by atoms with Crippen LogP contribution in [0.4, 0.5) is 5.82 Å². The lowest BCUT2D eigenvalue weighted by molar-refractivity contribution is -0.122. The minimum Gasteiger partial charge on any atom is -0.357 e. The van der Waals surface area contributed by atoms with Gasteiger partial charge in [0.15, 0.2) is 0 Å². The van der Waals surface area contributed by atoms with Crippen LogP contribution < -0.4 is 10.6 Å². The Morgan fingerprint density at radius 2 is 2.00 bits per heavy atom. The van der Waals surface area contributed by atoms with E-state index in [9.17, 15) is 4.79 Å². The first-order valence-corrected chi connectivity index (χ1v) is 7.71. The Morgan fingerprint density at radius 3 is 2.59 bits per heavy atom. The number of benzene rings is 1. The fourth-order valence-corrected chi connectivity index (χ4v) is 2.37. The summed E-state index contributed by atoms with van der Waals surface area (Å²) in [6.45, 7) is 3.97. The van der Waals surface area contributed by atoms with Gasteiger partial charge in [0, 0.05) is 19.3 Å². The number of nitrogens with one attached hydrogen (secondary N) is 2. The van der Waals surface area contributed by atoms with E-state index in [1.165, 1.54) is 0 Å². The van der Waals surface area contributed by atoms with E-state index in [1.54, 1.807) is 4.68 Å². The van der Waals surface area contributed by atoms with Crippen molar-refractivity contribution in [2.45, 2.75) is 38.8 Å². The highest BCUT2D eigenvalue weighted by atomic mass is 16.2. The number of carbonyl (C=O) groups is 1. The van der Waals surface area contributed by atoms with Crippen LogP contribution in [0.5, 0.6) is 0 Å². The third-order valence-corrected chi connectivity index (χ3v) is 3.57. The highest BCUT2D eigenvalue weighted by molar-refractivity contribution is 5.84. The Hall–Kier alpha value is -2.30. The molecule has 1 aromatic carbocycles. The van der Waals surface area contributed by atoms with Crippen molar-refractivity contribution in [3.05, 3.63) is 48.2 Å². The third-order valence-electron chi connectivity index (χ3n) is 3.57. The summed E-state index contributed by atoms with van der Waals surface area (Å²) in [5.74, 6) is 0.685. The van der Waals surface area contributed by atoms with Gasteiger partial charge in [0.2, 0.25) is 5.91 Å². The Labute approximate surface area is 131 Å². The molecule has 0 saturated heterocycles. The average molecular weight is 300 g/mol. The molecule has 0 bridgehead atoms. The number of nitrogens with zero attached hydrogens (tertiary/aromatic N) is 2. The van der Waals surface area contributed by atoms with Crippen LogP contribution in [-0.4, -0.2) is 21.7 Å². The first-order valence-electron chi connectivity index (χ1n) is 7.71. The van der Waals surface area contributed by atoms with Crippen molar-refractivity contribution in [1.82, 2.24) is 15.1 Å². The SMILES string of the molecule is CCCC(NC(=O)C(C)Nc1ccn(C)n1)c1ccccc1. The van der Waals surface area contributed by atoms with Crippen molar-refractivity contribution in [2.24, 2.45) is 7.05 Å². The topological polar surface area (TPSA) is 59.0 Å². The lowest BCUT2D eigenvalue weighted by Gasteiger charge is -2.21. The molecule has 0 aliphatic carbocycles. The number of rotatable bonds is 7. The van der Waals surface area contributed by atoms with Crippen LogP contribution in [0.25, 0.3) is 0 Å². The zero-order chi connectivity index (χ0) is 15.9. The molecule has 118 valence electrons. The van der Waals surface area contributed by atoms with Crippen LogP contribution in [0, 0.1) is 0 Å². The molecule has 2 rings (SSSR count). The van der Waals surface area contributed by atoms with Crippen LogP contribution in [0.1, 0.15) is 38.3 Å². The van der Waals surface area contributed by atoms with E-state index in [2.05, 4.69) is 34.8 Å². The van der Waals surface area contributed by atoms with Crippen molar-refractivity contribution in [3.8, 4) is 0 Å². The first-order chi connectivity index (χ1) is 10.6. The first kappa shape index (κ1) is 16.1. The molecular formula is C17H24N4O. The zero-order valence-electron chi connectivity index (χ0n) is 13.4. The molecule has 2 N–H and O–H groups in total. The minimum absolute atomic E-state index is 0.0204. The normalized spacial score (nSPS) is 13.4. The van der Waals surface area contributed by atoms with Gasteiger partial charge >= 0.3 is 0 Å². The van der Waals surface area contributed by atoms with Crippen LogP contribution in [0.15, 0.2) is 42.6 Å². The quantitative estimate of drug-likeness (QED) is 0.826. The molecular weight excluding hydrogens is 276 g/mol. The largest absolute Gasteiger partial charge is 0.357 e. The minimum atomic E-state index is -0.335. The van der Waals surface area contributed by atoms with E-state index >= 15 is 0 Å². The molecule has 0 radical (unpaired) electrons. The summed E-state index contributed by atoms with van der Waals surface area (Å²) in [6, 6.07) is 11.7. The Morgan fingerprint density at radius 1 is 1.27 bits per heavy atom. The number of aromatic nitrogens is 2. The maximum Gasteiger partial charge on any atom is 0.242 e. The average Bonchev–Trinajstić information content (AvgIpc) is 2.92. The summed E-state index contributed by atoms with van der Waals surface area (Å²) in [4.78, 5) is 12.4. The standard InChI is InChI=1S/C17H24N4O/c1-4-8-15(14-9-6-5-7-10-14)19-17(22)13(2)18-16-11-12-21(3)20-16/h5-7,9-13,15H,4,8H2,1-3H3,(H,18,20)(H,19,22). The molecule has 0 saturated carbocycles. The van der Waals surface area contributed by atoms with Crippen molar-refractivity contribution in [1.29, 1.82) is 0 Å². The lowest BCUT2D eigenvalue weighted by atomic mass is 10.0. The second-order valence-corrected chi connectivity index (χ2v) is 5.50. The second-order valence-electron chi connectivity index (χ2n) is 5.50. The molecule has 0 spiro atoms. The van der Waals surface area contributed by atoms with E-state index in [1.807, 2.05) is 44.4 Å².